The van der Waals surface area contributed by atoms with Crippen LogP contribution in [0.4, 0.5) is 4.39 Å². The maximum Gasteiger partial charge on any atom is 0.198 e. The highest BCUT2D eigenvalue weighted by Crippen LogP contribution is 2.21. The monoisotopic (exact) mass is 258 g/mol. The maximum absolute atomic E-state index is 13.0. The zero-order valence-electron chi connectivity index (χ0n) is 10.1. The Morgan fingerprint density at radius 2 is 2.11 bits per heavy atom. The van der Waals surface area contributed by atoms with Gasteiger partial charge in [-0.2, -0.15) is 0 Å². The van der Waals surface area contributed by atoms with E-state index in [1.165, 1.54) is 18.2 Å². The van der Waals surface area contributed by atoms with Gasteiger partial charge in [0.25, 0.3) is 0 Å². The Labute approximate surface area is 108 Å². The van der Waals surface area contributed by atoms with Crippen LogP contribution in [-0.4, -0.2) is 5.78 Å². The summed E-state index contributed by atoms with van der Waals surface area (Å²) in [5.74, 6) is 0.554. The normalized spacial score (nSPS) is 11.0. The van der Waals surface area contributed by atoms with Crippen molar-refractivity contribution in [2.24, 2.45) is 0 Å². The average Bonchev–Trinajstić information content (AvgIpc) is 3.04. The van der Waals surface area contributed by atoms with Crippen molar-refractivity contribution < 1.29 is 18.0 Å². The van der Waals surface area contributed by atoms with Crippen LogP contribution in [-0.2, 0) is 6.42 Å². The maximum atomic E-state index is 13.0. The smallest absolute Gasteiger partial charge is 0.198 e. The molecule has 1 aromatic carbocycles. The summed E-state index contributed by atoms with van der Waals surface area (Å²) < 4.78 is 23.6. The lowest BCUT2D eigenvalue weighted by atomic mass is 10.1. The molecule has 0 atom stereocenters. The van der Waals surface area contributed by atoms with E-state index in [9.17, 15) is 9.18 Å². The minimum absolute atomic E-state index is 0.118. The molecule has 3 aromatic rings. The molecule has 0 aliphatic rings. The number of hydrogen-bond donors (Lipinski definition) is 0. The van der Waals surface area contributed by atoms with Crippen molar-refractivity contribution in [2.45, 2.75) is 12.8 Å². The van der Waals surface area contributed by atoms with Crippen molar-refractivity contribution in [3.05, 3.63) is 60.0 Å². The van der Waals surface area contributed by atoms with E-state index < -0.39 is 0 Å². The molecule has 0 N–H and O–H groups in total. The molecule has 3 rings (SSSR count). The number of furan rings is 2. The standard InChI is InChI=1S/C15H11FO3/c16-11-3-6-14-10(8-11)9-15(19-14)13(17)5-4-12-2-1-7-18-12/h1-3,6-9H,4-5H2. The summed E-state index contributed by atoms with van der Waals surface area (Å²) in [6.45, 7) is 0. The van der Waals surface area contributed by atoms with Crippen LogP contribution in [0.2, 0.25) is 0 Å². The van der Waals surface area contributed by atoms with E-state index >= 15 is 0 Å². The van der Waals surface area contributed by atoms with Gasteiger partial charge >= 0.3 is 0 Å². The van der Waals surface area contributed by atoms with Crippen LogP contribution in [0, 0.1) is 5.82 Å². The Morgan fingerprint density at radius 3 is 2.89 bits per heavy atom. The Hall–Kier alpha value is -2.36. The lowest BCUT2D eigenvalue weighted by Crippen LogP contribution is -1.98. The zero-order valence-corrected chi connectivity index (χ0v) is 10.1. The fourth-order valence-corrected chi connectivity index (χ4v) is 1.97. The van der Waals surface area contributed by atoms with Gasteiger partial charge in [0.2, 0.25) is 0 Å². The van der Waals surface area contributed by atoms with E-state index in [4.69, 9.17) is 8.83 Å². The lowest BCUT2D eigenvalue weighted by Gasteiger charge is -1.94. The van der Waals surface area contributed by atoms with Crippen LogP contribution in [0.1, 0.15) is 22.7 Å². The van der Waals surface area contributed by atoms with Crippen molar-refractivity contribution >= 4 is 16.8 Å². The molecule has 0 saturated carbocycles. The molecule has 3 nitrogen and oxygen atoms in total. The highest BCUT2D eigenvalue weighted by molar-refractivity contribution is 5.97. The molecule has 96 valence electrons. The predicted octanol–water partition coefficient (Wildman–Crippen LogP) is 3.98. The number of carbonyl (C=O) groups excluding carboxylic acids is 1. The lowest BCUT2D eigenvalue weighted by molar-refractivity contribution is 0.0956. The Kier molecular flexibility index (Phi) is 2.91. The van der Waals surface area contributed by atoms with Gasteiger partial charge in [-0.05, 0) is 36.4 Å². The molecule has 0 radical (unpaired) electrons. The van der Waals surface area contributed by atoms with Crippen LogP contribution < -0.4 is 0 Å². The van der Waals surface area contributed by atoms with Gasteiger partial charge in [0.1, 0.15) is 17.2 Å². The highest BCUT2D eigenvalue weighted by Gasteiger charge is 2.13. The third-order valence-electron chi connectivity index (χ3n) is 2.93. The van der Waals surface area contributed by atoms with Gasteiger partial charge in [0.05, 0.1) is 6.26 Å². The summed E-state index contributed by atoms with van der Waals surface area (Å²) in [5, 5.41) is 0.598. The van der Waals surface area contributed by atoms with Crippen molar-refractivity contribution in [3.63, 3.8) is 0 Å². The molecule has 0 bridgehead atoms. The fraction of sp³-hybridized carbons (Fsp3) is 0.133. The van der Waals surface area contributed by atoms with E-state index in [2.05, 4.69) is 0 Å². The molecular weight excluding hydrogens is 247 g/mol. The van der Waals surface area contributed by atoms with Crippen LogP contribution in [0.5, 0.6) is 0 Å². The van der Waals surface area contributed by atoms with Gasteiger partial charge in [-0.25, -0.2) is 4.39 Å². The minimum Gasteiger partial charge on any atom is -0.469 e. The molecule has 0 unspecified atom stereocenters. The summed E-state index contributed by atoms with van der Waals surface area (Å²) in [4.78, 5) is 12.0. The second kappa shape index (κ2) is 4.72. The second-order valence-corrected chi connectivity index (χ2v) is 4.30. The van der Waals surface area contributed by atoms with Crippen LogP contribution >= 0.6 is 0 Å². The number of benzene rings is 1. The molecule has 0 aliphatic heterocycles. The van der Waals surface area contributed by atoms with E-state index in [0.717, 1.165) is 5.76 Å². The van der Waals surface area contributed by atoms with Gasteiger partial charge in [-0.1, -0.05) is 0 Å². The number of Topliss-reactive ketones (excluding diaryl/α,β-unsaturated/α-hetero) is 1. The molecular formula is C15H11FO3. The summed E-state index contributed by atoms with van der Waals surface area (Å²) in [7, 11) is 0. The topological polar surface area (TPSA) is 43.4 Å². The number of aryl methyl sites for hydroxylation is 1. The molecule has 2 aromatic heterocycles. The third kappa shape index (κ3) is 2.42. The molecule has 0 saturated heterocycles. The highest BCUT2D eigenvalue weighted by atomic mass is 19.1. The van der Waals surface area contributed by atoms with Gasteiger partial charge in [-0.3, -0.25) is 4.79 Å². The zero-order chi connectivity index (χ0) is 13.2. The second-order valence-electron chi connectivity index (χ2n) is 4.30. The van der Waals surface area contributed by atoms with E-state index in [1.807, 2.05) is 6.07 Å². The predicted molar refractivity (Wildman–Crippen MR) is 67.5 cm³/mol. The number of ketones is 1. The molecule has 19 heavy (non-hydrogen) atoms. The molecule has 0 fully saturated rings. The number of fused-ring (bicyclic) bond motifs is 1. The van der Waals surface area contributed by atoms with Crippen molar-refractivity contribution in [1.82, 2.24) is 0 Å². The first-order valence-corrected chi connectivity index (χ1v) is 5.97. The number of rotatable bonds is 4. The number of halogens is 1. The van der Waals surface area contributed by atoms with Crippen LogP contribution in [0.3, 0.4) is 0 Å². The van der Waals surface area contributed by atoms with Crippen LogP contribution in [0.15, 0.2) is 51.5 Å². The Morgan fingerprint density at radius 1 is 1.21 bits per heavy atom. The number of carbonyl (C=O) groups is 1. The summed E-state index contributed by atoms with van der Waals surface area (Å²) in [5.41, 5.74) is 0.516. The Balaban J connectivity index is 1.77. The first-order chi connectivity index (χ1) is 9.22. The molecule has 0 aliphatic carbocycles. The molecule has 2 heterocycles. The summed E-state index contributed by atoms with van der Waals surface area (Å²) >= 11 is 0. The van der Waals surface area contributed by atoms with E-state index in [-0.39, 0.29) is 17.4 Å². The van der Waals surface area contributed by atoms with Gasteiger partial charge in [-0.15, -0.1) is 0 Å². The molecule has 0 spiro atoms. The van der Waals surface area contributed by atoms with Crippen molar-refractivity contribution in [2.75, 3.05) is 0 Å². The molecule has 4 heteroatoms. The van der Waals surface area contributed by atoms with Gasteiger partial charge in [0, 0.05) is 18.2 Å². The van der Waals surface area contributed by atoms with Gasteiger partial charge < -0.3 is 8.83 Å². The minimum atomic E-state index is -0.345. The van der Waals surface area contributed by atoms with Gasteiger partial charge in [0.15, 0.2) is 11.5 Å². The molecule has 0 amide bonds. The number of hydrogen-bond acceptors (Lipinski definition) is 3. The largest absolute Gasteiger partial charge is 0.469 e. The summed E-state index contributed by atoms with van der Waals surface area (Å²) in [6, 6.07) is 9.35. The average molecular weight is 258 g/mol. The fourth-order valence-electron chi connectivity index (χ4n) is 1.97. The Bertz CT molecular complexity index is 710. The summed E-state index contributed by atoms with van der Waals surface area (Å²) in [6.07, 6.45) is 2.40. The van der Waals surface area contributed by atoms with Crippen LogP contribution in [0.25, 0.3) is 11.0 Å². The third-order valence-corrected chi connectivity index (χ3v) is 2.93. The van der Waals surface area contributed by atoms with Crippen molar-refractivity contribution in [1.29, 1.82) is 0 Å². The SMILES string of the molecule is O=C(CCc1ccco1)c1cc2cc(F)ccc2o1. The van der Waals surface area contributed by atoms with Crippen molar-refractivity contribution in [3.8, 4) is 0 Å². The quantitative estimate of drug-likeness (QED) is 0.665. The first kappa shape index (κ1) is 11.7. The first-order valence-electron chi connectivity index (χ1n) is 5.97. The van der Waals surface area contributed by atoms with E-state index in [0.29, 0.717) is 23.8 Å². The van der Waals surface area contributed by atoms with E-state index in [1.54, 1.807) is 18.4 Å².